The molecule has 198 valence electrons. The van der Waals surface area contributed by atoms with Gasteiger partial charge < -0.3 is 18.9 Å². The Morgan fingerprint density at radius 3 is 1.76 bits per heavy atom. The minimum absolute atomic E-state index is 0.0757. The summed E-state index contributed by atoms with van der Waals surface area (Å²) in [5, 5.41) is 0. The van der Waals surface area contributed by atoms with Crippen molar-refractivity contribution < 1.29 is 32.5 Å². The van der Waals surface area contributed by atoms with Gasteiger partial charge in [-0.15, -0.1) is 0 Å². The Labute approximate surface area is 203 Å². The first kappa shape index (κ1) is 31.0. The summed E-state index contributed by atoms with van der Waals surface area (Å²) in [6.45, 7) is 7.45. The van der Waals surface area contributed by atoms with Gasteiger partial charge in [0.2, 0.25) is 0 Å². The minimum atomic E-state index is -4.00. The van der Waals surface area contributed by atoms with Crippen LogP contribution < -0.4 is 0 Å². The maximum absolute atomic E-state index is 12.0. The summed E-state index contributed by atoms with van der Waals surface area (Å²) in [5.74, 6) is 0. The van der Waals surface area contributed by atoms with Crippen LogP contribution in [-0.4, -0.2) is 75.7 Å². The van der Waals surface area contributed by atoms with E-state index in [1.54, 1.807) is 0 Å². The molecule has 1 heterocycles. The summed E-state index contributed by atoms with van der Waals surface area (Å²) < 4.78 is 33.7. The number of nitrogens with zero attached hydrogens (tertiary/aromatic N) is 1. The van der Waals surface area contributed by atoms with Gasteiger partial charge in [-0.3, -0.25) is 9.05 Å². The average molecular weight is 495 g/mol. The van der Waals surface area contributed by atoms with Crippen LogP contribution in [0.1, 0.15) is 96.8 Å². The first-order valence-electron chi connectivity index (χ1n) is 13.6. The van der Waals surface area contributed by atoms with Crippen molar-refractivity contribution in [3.8, 4) is 0 Å². The number of hydrogen-bond acceptors (Lipinski definition) is 5. The molecule has 8 heteroatoms. The fourth-order valence-corrected chi connectivity index (χ4v) is 4.83. The molecule has 0 aromatic carbocycles. The highest BCUT2D eigenvalue weighted by Crippen LogP contribution is 2.42. The second-order valence-corrected chi connectivity index (χ2v) is 11.2. The van der Waals surface area contributed by atoms with Crippen LogP contribution in [0, 0.1) is 0 Å². The Morgan fingerprint density at radius 2 is 1.21 bits per heavy atom. The lowest BCUT2D eigenvalue weighted by Gasteiger charge is -2.37. The van der Waals surface area contributed by atoms with Gasteiger partial charge in [-0.05, 0) is 6.42 Å². The largest absolute Gasteiger partial charge is 0.472 e. The third-order valence-electron chi connectivity index (χ3n) is 6.56. The van der Waals surface area contributed by atoms with Crippen molar-refractivity contribution in [1.82, 2.24) is 0 Å². The van der Waals surface area contributed by atoms with Gasteiger partial charge in [0.15, 0.2) is 0 Å². The predicted octanol–water partition coefficient (Wildman–Crippen LogP) is 6.09. The molecular weight excluding hydrogens is 441 g/mol. The molecule has 1 aliphatic rings. The molecule has 0 aliphatic carbocycles. The van der Waals surface area contributed by atoms with Gasteiger partial charge in [0.25, 0.3) is 0 Å². The molecule has 0 aromatic rings. The lowest BCUT2D eigenvalue weighted by atomic mass is 10.0. The Kier molecular flexibility index (Phi) is 19.0. The zero-order chi connectivity index (χ0) is 24.1. The number of phosphoric ester groups is 1. The Bertz CT molecular complexity index is 488. The van der Waals surface area contributed by atoms with E-state index in [1.165, 1.54) is 83.5 Å². The van der Waals surface area contributed by atoms with Gasteiger partial charge in [0, 0.05) is 6.61 Å². The summed E-state index contributed by atoms with van der Waals surface area (Å²) in [6, 6.07) is 0. The molecule has 1 fully saturated rings. The first-order valence-corrected chi connectivity index (χ1v) is 15.1. The van der Waals surface area contributed by atoms with Crippen molar-refractivity contribution in [3.05, 3.63) is 0 Å². The summed E-state index contributed by atoms with van der Waals surface area (Å²) in [4.78, 5) is 9.79. The van der Waals surface area contributed by atoms with Gasteiger partial charge >= 0.3 is 7.82 Å². The van der Waals surface area contributed by atoms with Crippen molar-refractivity contribution in [2.24, 2.45) is 0 Å². The molecule has 0 saturated carbocycles. The molecule has 1 unspecified atom stereocenters. The fraction of sp³-hybridized carbons (Fsp3) is 1.00. The summed E-state index contributed by atoms with van der Waals surface area (Å²) in [5.41, 5.74) is 0. The number of phosphoric acid groups is 1. The van der Waals surface area contributed by atoms with Crippen LogP contribution >= 0.6 is 7.82 Å². The summed E-state index contributed by atoms with van der Waals surface area (Å²) in [6.07, 6.45) is 18.7. The maximum Gasteiger partial charge on any atom is 0.472 e. The van der Waals surface area contributed by atoms with Gasteiger partial charge in [0.05, 0.1) is 33.5 Å². The maximum atomic E-state index is 12.0. The minimum Gasteiger partial charge on any atom is -0.379 e. The van der Waals surface area contributed by atoms with E-state index in [-0.39, 0.29) is 13.2 Å². The van der Waals surface area contributed by atoms with Crippen molar-refractivity contribution in [3.63, 3.8) is 0 Å². The fourth-order valence-electron chi connectivity index (χ4n) is 4.13. The number of unbranched alkanes of at least 4 members (excludes halogenated alkanes) is 13. The Morgan fingerprint density at radius 1 is 0.727 bits per heavy atom. The topological polar surface area (TPSA) is 74.2 Å². The molecule has 0 aromatic heterocycles. The molecule has 7 nitrogen and oxygen atoms in total. The van der Waals surface area contributed by atoms with E-state index in [0.717, 1.165) is 37.2 Å². The van der Waals surface area contributed by atoms with Crippen LogP contribution in [0.3, 0.4) is 0 Å². The van der Waals surface area contributed by atoms with Crippen molar-refractivity contribution in [2.45, 2.75) is 96.8 Å². The monoisotopic (exact) mass is 494 g/mol. The molecule has 1 saturated heterocycles. The lowest BCUT2D eigenvalue weighted by molar-refractivity contribution is -0.916. The molecule has 33 heavy (non-hydrogen) atoms. The standard InChI is InChI=1S/C25H52NO6P/c1-3-4-5-6-7-8-9-10-11-12-13-14-15-16-20-29-24-25-32-33(27,28)31-23-19-26(2)17-21-30-22-18-26/h3-25H2,1-2H3/p+1. The van der Waals surface area contributed by atoms with Crippen LogP contribution in [0.2, 0.25) is 0 Å². The van der Waals surface area contributed by atoms with Crippen LogP contribution in [-0.2, 0) is 23.1 Å². The van der Waals surface area contributed by atoms with E-state index in [0.29, 0.717) is 19.8 Å². The lowest BCUT2D eigenvalue weighted by Crippen LogP contribution is -2.53. The number of likely N-dealkylation sites (N-methyl/N-ethyl adjacent to an activating group) is 1. The molecule has 0 radical (unpaired) electrons. The molecule has 1 rings (SSSR count). The van der Waals surface area contributed by atoms with E-state index in [2.05, 4.69) is 14.0 Å². The predicted molar refractivity (Wildman–Crippen MR) is 134 cm³/mol. The second-order valence-electron chi connectivity index (χ2n) is 9.75. The van der Waals surface area contributed by atoms with Crippen molar-refractivity contribution >= 4 is 7.82 Å². The van der Waals surface area contributed by atoms with E-state index in [4.69, 9.17) is 18.5 Å². The molecule has 0 spiro atoms. The van der Waals surface area contributed by atoms with Crippen LogP contribution in [0.15, 0.2) is 0 Å². The number of rotatable bonds is 23. The smallest absolute Gasteiger partial charge is 0.379 e. The summed E-state index contributed by atoms with van der Waals surface area (Å²) in [7, 11) is -1.89. The summed E-state index contributed by atoms with van der Waals surface area (Å²) >= 11 is 0. The Balaban J connectivity index is 1.81. The van der Waals surface area contributed by atoms with E-state index < -0.39 is 7.82 Å². The third kappa shape index (κ3) is 18.9. The third-order valence-corrected chi connectivity index (χ3v) is 7.58. The highest BCUT2D eigenvalue weighted by atomic mass is 31.2. The van der Waals surface area contributed by atoms with Gasteiger partial charge in [-0.2, -0.15) is 0 Å². The molecule has 1 atom stereocenters. The van der Waals surface area contributed by atoms with E-state index in [1.807, 2.05) is 0 Å². The highest BCUT2D eigenvalue weighted by Gasteiger charge is 2.27. The normalized spacial score (nSPS) is 17.8. The van der Waals surface area contributed by atoms with Crippen molar-refractivity contribution in [1.29, 1.82) is 0 Å². The van der Waals surface area contributed by atoms with Gasteiger partial charge in [-0.1, -0.05) is 90.4 Å². The molecule has 1 N–H and O–H groups in total. The van der Waals surface area contributed by atoms with E-state index in [9.17, 15) is 9.46 Å². The van der Waals surface area contributed by atoms with Crippen LogP contribution in [0.5, 0.6) is 0 Å². The quantitative estimate of drug-likeness (QED) is 0.105. The van der Waals surface area contributed by atoms with Crippen molar-refractivity contribution in [2.75, 3.05) is 66.3 Å². The van der Waals surface area contributed by atoms with Gasteiger partial charge in [-0.25, -0.2) is 4.57 Å². The second kappa shape index (κ2) is 20.2. The highest BCUT2D eigenvalue weighted by molar-refractivity contribution is 7.47. The molecular formula is C25H53NO6P+. The average Bonchev–Trinajstić information content (AvgIpc) is 2.78. The number of ether oxygens (including phenoxy) is 2. The molecule has 0 bridgehead atoms. The van der Waals surface area contributed by atoms with E-state index >= 15 is 0 Å². The number of hydrogen-bond donors (Lipinski definition) is 1. The molecule has 0 amide bonds. The first-order chi connectivity index (χ1) is 16.0. The van der Waals surface area contributed by atoms with Crippen LogP contribution in [0.25, 0.3) is 0 Å². The SMILES string of the molecule is CCCCCCCCCCCCCCCCOCCOP(=O)(O)OCC[N+]1(C)CCOCC1. The Hall–Kier alpha value is -0.0100. The zero-order valence-electron chi connectivity index (χ0n) is 21.6. The van der Waals surface area contributed by atoms with Gasteiger partial charge in [0.1, 0.15) is 26.2 Å². The van der Waals surface area contributed by atoms with Crippen LogP contribution in [0.4, 0.5) is 0 Å². The molecule has 1 aliphatic heterocycles. The zero-order valence-corrected chi connectivity index (χ0v) is 22.5. The number of quaternary nitrogens is 1. The number of morpholine rings is 1.